The molecule has 0 saturated carbocycles. The van der Waals surface area contributed by atoms with E-state index in [0.717, 1.165) is 0 Å². The quantitative estimate of drug-likeness (QED) is 0.651. The molecule has 0 fully saturated rings. The van der Waals surface area contributed by atoms with Crippen LogP contribution >= 0.6 is 0 Å². The van der Waals surface area contributed by atoms with E-state index in [1.165, 1.54) is 11.1 Å². The van der Waals surface area contributed by atoms with Gasteiger partial charge in [-0.3, -0.25) is 0 Å². The van der Waals surface area contributed by atoms with Crippen LogP contribution in [0.3, 0.4) is 0 Å². The number of hydrogen-bond donors (Lipinski definition) is 2. The van der Waals surface area contributed by atoms with Crippen LogP contribution in [0, 0.1) is 6.92 Å². The van der Waals surface area contributed by atoms with Crippen LogP contribution in [-0.4, -0.2) is 43.7 Å². The Hall–Kier alpha value is -0.940. The van der Waals surface area contributed by atoms with Gasteiger partial charge in [-0.1, -0.05) is 29.8 Å². The Morgan fingerprint density at radius 1 is 1.10 bits per heavy atom. The van der Waals surface area contributed by atoms with Gasteiger partial charge >= 0.3 is 0 Å². The minimum Gasteiger partial charge on any atom is -0.389 e. The highest BCUT2D eigenvalue weighted by atomic mass is 16.5. The maximum atomic E-state index is 9.87. The third kappa shape index (κ3) is 8.17. The molecule has 2 atom stereocenters. The minimum atomic E-state index is -0.503. The summed E-state index contributed by atoms with van der Waals surface area (Å²) in [7, 11) is 0. The summed E-state index contributed by atoms with van der Waals surface area (Å²) in [4.78, 5) is 0. The van der Waals surface area contributed by atoms with Gasteiger partial charge in [-0.25, -0.2) is 0 Å². The Bertz CT molecular complexity index is 378. The van der Waals surface area contributed by atoms with Gasteiger partial charge in [0.25, 0.3) is 0 Å². The van der Waals surface area contributed by atoms with Crippen LogP contribution in [0.1, 0.15) is 37.9 Å². The molecule has 0 aliphatic carbocycles. The van der Waals surface area contributed by atoms with E-state index in [4.69, 9.17) is 9.47 Å². The lowest BCUT2D eigenvalue weighted by molar-refractivity contribution is -0.0104. The lowest BCUT2D eigenvalue weighted by Gasteiger charge is -2.18. The van der Waals surface area contributed by atoms with Crippen molar-refractivity contribution in [3.05, 3.63) is 35.4 Å². The number of aliphatic hydroxyl groups excluding tert-OH is 1. The van der Waals surface area contributed by atoms with Crippen molar-refractivity contribution >= 4 is 0 Å². The fourth-order valence-electron chi connectivity index (χ4n) is 1.91. The molecule has 0 aliphatic heterocycles. The summed E-state index contributed by atoms with van der Waals surface area (Å²) in [6.45, 7) is 10.1. The van der Waals surface area contributed by atoms with Gasteiger partial charge < -0.3 is 19.9 Å². The number of aliphatic hydroxyl groups is 1. The third-order valence-corrected chi connectivity index (χ3v) is 3.23. The molecule has 4 heteroatoms. The molecular weight excluding hydrogens is 266 g/mol. The first-order valence-corrected chi connectivity index (χ1v) is 7.66. The molecule has 120 valence electrons. The summed E-state index contributed by atoms with van der Waals surface area (Å²) < 4.78 is 10.8. The van der Waals surface area contributed by atoms with Crippen LogP contribution < -0.4 is 5.32 Å². The molecule has 0 amide bonds. The van der Waals surface area contributed by atoms with Crippen molar-refractivity contribution in [2.75, 3.05) is 26.4 Å². The van der Waals surface area contributed by atoms with Crippen molar-refractivity contribution in [1.82, 2.24) is 5.32 Å². The molecular formula is C17H29NO3. The zero-order valence-corrected chi connectivity index (χ0v) is 13.6. The first kappa shape index (κ1) is 18.1. The highest BCUT2D eigenvalue weighted by Crippen LogP contribution is 2.12. The second-order valence-electron chi connectivity index (χ2n) is 5.69. The smallest absolute Gasteiger partial charge is 0.0897 e. The van der Waals surface area contributed by atoms with E-state index in [-0.39, 0.29) is 12.1 Å². The molecule has 2 N–H and O–H groups in total. The van der Waals surface area contributed by atoms with E-state index in [0.29, 0.717) is 26.4 Å². The summed E-state index contributed by atoms with van der Waals surface area (Å²) in [5, 5.41) is 13.2. The average molecular weight is 295 g/mol. The lowest BCUT2D eigenvalue weighted by Crippen LogP contribution is -2.32. The molecule has 0 heterocycles. The molecule has 0 aliphatic rings. The summed E-state index contributed by atoms with van der Waals surface area (Å²) >= 11 is 0. The predicted octanol–water partition coefficient (Wildman–Crippen LogP) is 2.45. The second-order valence-corrected chi connectivity index (χ2v) is 5.69. The SMILES string of the molecule is Cc1ccc([C@@H](C)NCC(O)COCCOC(C)C)cc1. The summed E-state index contributed by atoms with van der Waals surface area (Å²) in [5.41, 5.74) is 2.47. The zero-order chi connectivity index (χ0) is 15.7. The molecule has 1 unspecified atom stereocenters. The first-order valence-electron chi connectivity index (χ1n) is 7.66. The van der Waals surface area contributed by atoms with Crippen molar-refractivity contribution in [3.8, 4) is 0 Å². The standard InChI is InChI=1S/C17H29NO3/c1-13(2)21-10-9-20-12-17(19)11-18-15(4)16-7-5-14(3)6-8-16/h5-8,13,15,17-19H,9-12H2,1-4H3/t15-,17?/m1/s1. The highest BCUT2D eigenvalue weighted by Gasteiger charge is 2.09. The van der Waals surface area contributed by atoms with Crippen LogP contribution in [0.25, 0.3) is 0 Å². The van der Waals surface area contributed by atoms with E-state index in [2.05, 4.69) is 43.4 Å². The molecule has 0 bridgehead atoms. The van der Waals surface area contributed by atoms with Gasteiger partial charge in [0.1, 0.15) is 0 Å². The van der Waals surface area contributed by atoms with Crippen molar-refractivity contribution in [3.63, 3.8) is 0 Å². The normalized spacial score (nSPS) is 14.4. The molecule has 0 spiro atoms. The van der Waals surface area contributed by atoms with Gasteiger partial charge in [0, 0.05) is 12.6 Å². The van der Waals surface area contributed by atoms with Crippen molar-refractivity contribution in [2.45, 2.75) is 45.9 Å². The molecule has 0 saturated heterocycles. The number of rotatable bonds is 10. The fraction of sp³-hybridized carbons (Fsp3) is 0.647. The van der Waals surface area contributed by atoms with Gasteiger partial charge in [-0.05, 0) is 33.3 Å². The number of ether oxygens (including phenoxy) is 2. The third-order valence-electron chi connectivity index (χ3n) is 3.23. The number of hydrogen-bond acceptors (Lipinski definition) is 4. The molecule has 1 rings (SSSR count). The minimum absolute atomic E-state index is 0.213. The van der Waals surface area contributed by atoms with E-state index in [1.807, 2.05) is 13.8 Å². The second kappa shape index (κ2) is 9.90. The topological polar surface area (TPSA) is 50.7 Å². The Labute approximate surface area is 128 Å². The lowest BCUT2D eigenvalue weighted by atomic mass is 10.1. The number of benzene rings is 1. The summed E-state index contributed by atoms with van der Waals surface area (Å²) in [6, 6.07) is 8.63. The van der Waals surface area contributed by atoms with Crippen molar-refractivity contribution < 1.29 is 14.6 Å². The van der Waals surface area contributed by atoms with Crippen LogP contribution in [0.4, 0.5) is 0 Å². The van der Waals surface area contributed by atoms with Gasteiger partial charge in [0.05, 0.1) is 32.0 Å². The Balaban J connectivity index is 2.14. The van der Waals surface area contributed by atoms with E-state index in [9.17, 15) is 5.11 Å². The molecule has 0 aromatic heterocycles. The summed E-state index contributed by atoms with van der Waals surface area (Å²) in [6.07, 6.45) is -0.285. The van der Waals surface area contributed by atoms with Gasteiger partial charge in [0.2, 0.25) is 0 Å². The summed E-state index contributed by atoms with van der Waals surface area (Å²) in [5.74, 6) is 0. The largest absolute Gasteiger partial charge is 0.389 e. The van der Waals surface area contributed by atoms with Gasteiger partial charge in [0.15, 0.2) is 0 Å². The Kier molecular flexibility index (Phi) is 8.54. The zero-order valence-electron chi connectivity index (χ0n) is 13.6. The van der Waals surface area contributed by atoms with Crippen molar-refractivity contribution in [2.24, 2.45) is 0 Å². The van der Waals surface area contributed by atoms with Crippen molar-refractivity contribution in [1.29, 1.82) is 0 Å². The number of nitrogens with one attached hydrogen (secondary N) is 1. The molecule has 1 aromatic carbocycles. The molecule has 4 nitrogen and oxygen atoms in total. The molecule has 1 aromatic rings. The Morgan fingerprint density at radius 3 is 2.38 bits per heavy atom. The monoisotopic (exact) mass is 295 g/mol. The van der Waals surface area contributed by atoms with E-state index in [1.54, 1.807) is 0 Å². The van der Waals surface area contributed by atoms with Crippen LogP contribution in [-0.2, 0) is 9.47 Å². The highest BCUT2D eigenvalue weighted by molar-refractivity contribution is 5.23. The van der Waals surface area contributed by atoms with Crippen LogP contribution in [0.5, 0.6) is 0 Å². The fourth-order valence-corrected chi connectivity index (χ4v) is 1.91. The predicted molar refractivity (Wildman–Crippen MR) is 85.5 cm³/mol. The molecule has 21 heavy (non-hydrogen) atoms. The first-order chi connectivity index (χ1) is 9.99. The van der Waals surface area contributed by atoms with E-state index < -0.39 is 6.10 Å². The maximum absolute atomic E-state index is 9.87. The Morgan fingerprint density at radius 2 is 1.76 bits per heavy atom. The van der Waals surface area contributed by atoms with Gasteiger partial charge in [-0.2, -0.15) is 0 Å². The average Bonchev–Trinajstić information content (AvgIpc) is 2.44. The molecule has 0 radical (unpaired) electrons. The van der Waals surface area contributed by atoms with Gasteiger partial charge in [-0.15, -0.1) is 0 Å². The van der Waals surface area contributed by atoms with Crippen LogP contribution in [0.15, 0.2) is 24.3 Å². The van der Waals surface area contributed by atoms with E-state index >= 15 is 0 Å². The van der Waals surface area contributed by atoms with Crippen LogP contribution in [0.2, 0.25) is 0 Å². The maximum Gasteiger partial charge on any atom is 0.0897 e. The number of aryl methyl sites for hydroxylation is 1.